The van der Waals surface area contributed by atoms with Crippen LogP contribution < -0.4 is 16.4 Å². The summed E-state index contributed by atoms with van der Waals surface area (Å²) in [6.07, 6.45) is 5.36. The molecule has 45 heavy (non-hydrogen) atoms. The van der Waals surface area contributed by atoms with Gasteiger partial charge in [0.25, 0.3) is 5.91 Å². The summed E-state index contributed by atoms with van der Waals surface area (Å²) in [5, 5.41) is 5.50. The highest BCUT2D eigenvalue weighted by Crippen LogP contribution is 2.30. The number of amides is 2. The Morgan fingerprint density at radius 1 is 1.07 bits per heavy atom. The van der Waals surface area contributed by atoms with E-state index in [0.29, 0.717) is 12.0 Å². The Labute approximate surface area is 265 Å². The summed E-state index contributed by atoms with van der Waals surface area (Å²) in [5.41, 5.74) is 6.15. The third kappa shape index (κ3) is 9.57. The Balaban J connectivity index is 2.76. The third-order valence-electron chi connectivity index (χ3n) is 7.87. The number of nitrogens with one attached hydrogen (secondary N) is 2. The van der Waals surface area contributed by atoms with Crippen LogP contribution in [0.3, 0.4) is 0 Å². The number of primary amides is 1. The molecule has 4 N–H and O–H groups in total. The maximum Gasteiger partial charge on any atom is 0.405 e. The molecule has 2 aliphatic rings. The molecule has 0 aromatic heterocycles. The first kappa shape index (κ1) is 37.3. The van der Waals surface area contributed by atoms with Crippen LogP contribution in [0.4, 0.5) is 4.79 Å². The summed E-state index contributed by atoms with van der Waals surface area (Å²) < 4.78 is 28.6. The zero-order valence-electron chi connectivity index (χ0n) is 27.4. The van der Waals surface area contributed by atoms with E-state index in [0.717, 1.165) is 0 Å². The summed E-state index contributed by atoms with van der Waals surface area (Å²) in [5.74, 6) is -2.23. The highest BCUT2D eigenvalue weighted by molar-refractivity contribution is 6.24. The Morgan fingerprint density at radius 3 is 2.31 bits per heavy atom. The summed E-state index contributed by atoms with van der Waals surface area (Å²) in [6, 6.07) is 0. The van der Waals surface area contributed by atoms with Gasteiger partial charge in [0.1, 0.15) is 17.5 Å². The van der Waals surface area contributed by atoms with E-state index < -0.39 is 54.1 Å². The van der Waals surface area contributed by atoms with E-state index in [1.807, 2.05) is 19.9 Å². The molecule has 2 bridgehead atoms. The highest BCUT2D eigenvalue weighted by atomic mass is 16.6. The van der Waals surface area contributed by atoms with Crippen molar-refractivity contribution in [3.05, 3.63) is 71.1 Å². The molecule has 248 valence electrons. The van der Waals surface area contributed by atoms with Crippen molar-refractivity contribution in [2.24, 2.45) is 17.6 Å². The summed E-state index contributed by atoms with van der Waals surface area (Å²) in [6.45, 7) is 11.0. The molecular weight excluding hydrogens is 582 g/mol. The number of rotatable bonds is 8. The van der Waals surface area contributed by atoms with E-state index in [9.17, 15) is 19.2 Å². The van der Waals surface area contributed by atoms with Crippen molar-refractivity contribution in [2.75, 3.05) is 35.0 Å². The number of ether oxygens (including phenoxy) is 5. The maximum absolute atomic E-state index is 13.9. The standard InChI is InChI=1S/C33H47N3O9/c1-10-14-35-26-23(37)17-22-28(38)27(26)36-32(39)18(2)12-11-13-24(41-6)31(45-33(34)40)20(4)15-19(3)30(44-9)25(42-7)16-21(5)29(22)43-8/h10-13,15,17,19,21,24-25,29-31,35H,1,14,16H2,2-9H3,(H2,34,40)(H,36,39)/b13-11-,18-12-,20-15-/t19-,21-,24-,25-,29+,30+,31-/m0/s1. The topological polar surface area (TPSA) is 165 Å². The molecule has 12 heteroatoms. The van der Waals surface area contributed by atoms with Gasteiger partial charge in [-0.1, -0.05) is 44.2 Å². The molecule has 0 saturated carbocycles. The normalized spacial score (nSPS) is 32.0. The molecule has 0 unspecified atom stereocenters. The van der Waals surface area contributed by atoms with E-state index in [1.54, 1.807) is 40.2 Å². The monoisotopic (exact) mass is 629 g/mol. The second kappa shape index (κ2) is 17.6. The first-order valence-electron chi connectivity index (χ1n) is 14.7. The largest absolute Gasteiger partial charge is 0.439 e. The zero-order valence-corrected chi connectivity index (χ0v) is 27.4. The van der Waals surface area contributed by atoms with Gasteiger partial charge in [-0.3, -0.25) is 14.4 Å². The average molecular weight is 630 g/mol. The minimum atomic E-state index is -0.980. The number of carbonyl (C=O) groups excluding carboxylic acids is 4. The molecular formula is C33H47N3O9. The van der Waals surface area contributed by atoms with Gasteiger partial charge in [-0.15, -0.1) is 6.58 Å². The Hall–Kier alpha value is -3.84. The molecule has 1 heterocycles. The lowest BCUT2D eigenvalue weighted by atomic mass is 9.83. The number of hydrogen-bond acceptors (Lipinski definition) is 10. The van der Waals surface area contributed by atoms with Crippen molar-refractivity contribution in [3.8, 4) is 0 Å². The Kier molecular flexibility index (Phi) is 14.6. The summed E-state index contributed by atoms with van der Waals surface area (Å²) in [4.78, 5) is 52.4. The van der Waals surface area contributed by atoms with Gasteiger partial charge < -0.3 is 40.1 Å². The smallest absolute Gasteiger partial charge is 0.405 e. The molecule has 0 aromatic rings. The van der Waals surface area contributed by atoms with Crippen LogP contribution >= 0.6 is 0 Å². The number of methoxy groups -OCH3 is 4. The lowest BCUT2D eigenvalue weighted by Crippen LogP contribution is -2.43. The maximum atomic E-state index is 13.9. The van der Waals surface area contributed by atoms with Crippen LogP contribution in [0, 0.1) is 11.8 Å². The summed E-state index contributed by atoms with van der Waals surface area (Å²) >= 11 is 0. The molecule has 2 rings (SSSR count). The second-order valence-corrected chi connectivity index (χ2v) is 11.1. The van der Waals surface area contributed by atoms with Gasteiger partial charge in [-0.05, 0) is 37.8 Å². The quantitative estimate of drug-likeness (QED) is 0.269. The van der Waals surface area contributed by atoms with Gasteiger partial charge >= 0.3 is 6.09 Å². The van der Waals surface area contributed by atoms with Crippen molar-refractivity contribution < 1.29 is 42.9 Å². The van der Waals surface area contributed by atoms with E-state index in [-0.39, 0.29) is 40.9 Å². The molecule has 12 nitrogen and oxygen atoms in total. The molecule has 1 aliphatic carbocycles. The number of allylic oxidation sites excluding steroid dienone is 4. The fourth-order valence-electron chi connectivity index (χ4n) is 5.61. The highest BCUT2D eigenvalue weighted by Gasteiger charge is 2.38. The molecule has 0 spiro atoms. The van der Waals surface area contributed by atoms with Crippen molar-refractivity contribution in [1.29, 1.82) is 0 Å². The first-order valence-corrected chi connectivity index (χ1v) is 14.7. The zero-order chi connectivity index (χ0) is 33.8. The molecule has 1 aliphatic heterocycles. The van der Waals surface area contributed by atoms with Gasteiger partial charge in [0.05, 0.1) is 18.3 Å². The molecule has 0 radical (unpaired) electrons. The SMILES string of the molecule is C=CCNC1=C2NC(=O)/C(C)=C\C=C/[C@H](OC)[C@@H](OC(N)=O)/C(C)=C\[C@H](C)[C@@H](OC)[C@@H](OC)C[C@H](C)[C@@H](OC)C(=CC1=O)C2=O. The first-order chi connectivity index (χ1) is 21.3. The van der Waals surface area contributed by atoms with Gasteiger partial charge in [0.15, 0.2) is 6.10 Å². The molecule has 0 saturated heterocycles. The average Bonchev–Trinajstić information content (AvgIpc) is 2.99. The van der Waals surface area contributed by atoms with Crippen LogP contribution in [-0.4, -0.2) is 89.1 Å². The van der Waals surface area contributed by atoms with Crippen molar-refractivity contribution >= 4 is 23.6 Å². The fourth-order valence-corrected chi connectivity index (χ4v) is 5.61. The van der Waals surface area contributed by atoms with Crippen molar-refractivity contribution in [2.45, 2.75) is 64.6 Å². The minimum Gasteiger partial charge on any atom is -0.439 e. The molecule has 0 aromatic carbocycles. The van der Waals surface area contributed by atoms with Crippen LogP contribution in [0.15, 0.2) is 71.1 Å². The lowest BCUT2D eigenvalue weighted by Gasteiger charge is -2.34. The van der Waals surface area contributed by atoms with Gasteiger partial charge in [-0.2, -0.15) is 0 Å². The van der Waals surface area contributed by atoms with Gasteiger partial charge in [-0.25, -0.2) is 4.79 Å². The van der Waals surface area contributed by atoms with Crippen molar-refractivity contribution in [3.63, 3.8) is 0 Å². The van der Waals surface area contributed by atoms with Gasteiger partial charge in [0.2, 0.25) is 11.6 Å². The van der Waals surface area contributed by atoms with E-state index in [1.165, 1.54) is 32.4 Å². The number of fused-ring (bicyclic) bond motifs is 2. The van der Waals surface area contributed by atoms with E-state index in [2.05, 4.69) is 17.2 Å². The van der Waals surface area contributed by atoms with Crippen molar-refractivity contribution in [1.82, 2.24) is 10.6 Å². The van der Waals surface area contributed by atoms with Gasteiger partial charge in [0, 0.05) is 52.0 Å². The van der Waals surface area contributed by atoms with Crippen LogP contribution in [0.5, 0.6) is 0 Å². The lowest BCUT2D eigenvalue weighted by molar-refractivity contribution is -0.121. The van der Waals surface area contributed by atoms with E-state index in [4.69, 9.17) is 29.4 Å². The number of Topliss-reactive ketones (excluding diaryl/α,β-unsaturated/α-hetero) is 1. The third-order valence-corrected chi connectivity index (χ3v) is 7.87. The van der Waals surface area contributed by atoms with Crippen LogP contribution in [-0.2, 0) is 38.1 Å². The number of ketones is 2. The predicted molar refractivity (Wildman–Crippen MR) is 169 cm³/mol. The number of nitrogens with two attached hydrogens (primary N) is 1. The predicted octanol–water partition coefficient (Wildman–Crippen LogP) is 2.82. The summed E-state index contributed by atoms with van der Waals surface area (Å²) in [7, 11) is 6.04. The fraction of sp³-hybridized carbons (Fsp3) is 0.515. The van der Waals surface area contributed by atoms with Crippen LogP contribution in [0.25, 0.3) is 0 Å². The number of carbonyl (C=O) groups is 4. The number of hydrogen-bond donors (Lipinski definition) is 3. The Morgan fingerprint density at radius 2 is 1.76 bits per heavy atom. The minimum absolute atomic E-state index is 0.0516. The van der Waals surface area contributed by atoms with Crippen LogP contribution in [0.2, 0.25) is 0 Å². The molecule has 2 amide bonds. The second-order valence-electron chi connectivity index (χ2n) is 11.1. The van der Waals surface area contributed by atoms with Crippen LogP contribution in [0.1, 0.15) is 34.1 Å². The molecule has 0 fully saturated rings. The molecule has 7 atom stereocenters. The van der Waals surface area contributed by atoms with E-state index >= 15 is 0 Å². The Bertz CT molecular complexity index is 1280.